The van der Waals surface area contributed by atoms with E-state index in [0.717, 1.165) is 27.7 Å². The third-order valence-corrected chi connectivity index (χ3v) is 6.99. The molecule has 0 radical (unpaired) electrons. The van der Waals surface area contributed by atoms with E-state index in [-0.39, 0.29) is 11.2 Å². The first-order valence-electron chi connectivity index (χ1n) is 11.3. The molecule has 0 saturated carbocycles. The zero-order chi connectivity index (χ0) is 23.5. The number of carbonyl (C=O) groups excluding carboxylic acids is 1. The van der Waals surface area contributed by atoms with E-state index in [1.54, 1.807) is 4.52 Å². The van der Waals surface area contributed by atoms with Gasteiger partial charge in [-0.25, -0.2) is 9.97 Å². The highest BCUT2D eigenvalue weighted by Gasteiger charge is 2.22. The van der Waals surface area contributed by atoms with Crippen LogP contribution in [0.1, 0.15) is 24.5 Å². The molecule has 2 aromatic heterocycles. The lowest BCUT2D eigenvalue weighted by Gasteiger charge is -2.15. The Kier molecular flexibility index (Phi) is 6.27. The van der Waals surface area contributed by atoms with Gasteiger partial charge in [-0.1, -0.05) is 91.0 Å². The number of hydrogen-bond acceptors (Lipinski definition) is 5. The Bertz CT molecular complexity index is 1450. The largest absolute Gasteiger partial charge is 0.351 e. The van der Waals surface area contributed by atoms with Crippen LogP contribution in [0.2, 0.25) is 0 Å². The zero-order valence-electron chi connectivity index (χ0n) is 19.1. The first-order chi connectivity index (χ1) is 16.6. The van der Waals surface area contributed by atoms with Gasteiger partial charge in [-0.2, -0.15) is 4.52 Å². The maximum atomic E-state index is 13.0. The molecule has 0 aliphatic heterocycles. The summed E-state index contributed by atoms with van der Waals surface area (Å²) in [6.45, 7) is 4.56. The Morgan fingerprint density at radius 3 is 2.47 bits per heavy atom. The second-order valence-electron chi connectivity index (χ2n) is 8.17. The lowest BCUT2D eigenvalue weighted by Crippen LogP contribution is -2.32. The van der Waals surface area contributed by atoms with Crippen LogP contribution in [0.3, 0.4) is 0 Å². The molecule has 1 unspecified atom stereocenters. The van der Waals surface area contributed by atoms with E-state index < -0.39 is 0 Å². The van der Waals surface area contributed by atoms with Crippen molar-refractivity contribution in [1.82, 2.24) is 24.9 Å². The highest BCUT2D eigenvalue weighted by molar-refractivity contribution is 8.00. The number of hydrogen-bond donors (Lipinski definition) is 1. The van der Waals surface area contributed by atoms with Crippen LogP contribution in [0.4, 0.5) is 0 Å². The Balaban J connectivity index is 1.46. The number of nitrogens with zero attached hydrogens (tertiary/aromatic N) is 4. The second-order valence-corrected chi connectivity index (χ2v) is 9.34. The summed E-state index contributed by atoms with van der Waals surface area (Å²) in [5, 5.41) is 9.13. The minimum absolute atomic E-state index is 0.0143. The van der Waals surface area contributed by atoms with Gasteiger partial charge in [-0.05, 0) is 31.0 Å². The number of rotatable bonds is 7. The molecular weight excluding hydrogens is 442 g/mol. The standard InChI is InChI=1S/C27H25N5OS/c1-3-23(26(33)28-17-19-15-13-18(2)14-16-19)34-27-29-22-12-8-7-11-21(22)25-30-24(31-32(25)27)20-9-5-4-6-10-20/h4-16,23H,3,17H2,1-2H3,(H,28,33). The lowest BCUT2D eigenvalue weighted by atomic mass is 10.1. The lowest BCUT2D eigenvalue weighted by molar-refractivity contribution is -0.120. The van der Waals surface area contributed by atoms with Crippen molar-refractivity contribution in [3.63, 3.8) is 0 Å². The number of fused-ring (bicyclic) bond motifs is 3. The summed E-state index contributed by atoms with van der Waals surface area (Å²) in [6.07, 6.45) is 0.667. The highest BCUT2D eigenvalue weighted by Crippen LogP contribution is 2.29. The maximum absolute atomic E-state index is 13.0. The summed E-state index contributed by atoms with van der Waals surface area (Å²) in [5.41, 5.74) is 4.79. The summed E-state index contributed by atoms with van der Waals surface area (Å²) >= 11 is 1.42. The van der Waals surface area contributed by atoms with Crippen molar-refractivity contribution in [1.29, 1.82) is 0 Å². The van der Waals surface area contributed by atoms with Crippen molar-refractivity contribution in [3.05, 3.63) is 90.0 Å². The third kappa shape index (κ3) is 4.52. The smallest absolute Gasteiger partial charge is 0.233 e. The minimum atomic E-state index is -0.299. The second kappa shape index (κ2) is 9.65. The molecule has 5 rings (SSSR count). The monoisotopic (exact) mass is 467 g/mol. The Morgan fingerprint density at radius 1 is 0.971 bits per heavy atom. The van der Waals surface area contributed by atoms with Gasteiger partial charge in [-0.3, -0.25) is 4.79 Å². The van der Waals surface area contributed by atoms with Crippen LogP contribution >= 0.6 is 11.8 Å². The number of thioether (sulfide) groups is 1. The SMILES string of the molecule is CCC(Sc1nc2ccccc2c2nc(-c3ccccc3)nn12)C(=O)NCc1ccc(C)cc1. The average Bonchev–Trinajstić information content (AvgIpc) is 3.33. The fourth-order valence-corrected chi connectivity index (χ4v) is 4.76. The number of aromatic nitrogens is 4. The molecule has 6 nitrogen and oxygen atoms in total. The summed E-state index contributed by atoms with van der Waals surface area (Å²) in [7, 11) is 0. The molecule has 0 spiro atoms. The molecule has 1 N–H and O–H groups in total. The molecule has 0 aliphatic rings. The summed E-state index contributed by atoms with van der Waals surface area (Å²) < 4.78 is 1.77. The van der Waals surface area contributed by atoms with Crippen LogP contribution in [0.15, 0.2) is 84.0 Å². The van der Waals surface area contributed by atoms with E-state index in [1.165, 1.54) is 17.3 Å². The molecule has 1 atom stereocenters. The number of para-hydroxylation sites is 1. The van der Waals surface area contributed by atoms with Gasteiger partial charge in [0.25, 0.3) is 0 Å². The number of benzene rings is 3. The van der Waals surface area contributed by atoms with Crippen molar-refractivity contribution in [2.45, 2.75) is 37.2 Å². The predicted octanol–water partition coefficient (Wildman–Crippen LogP) is 5.44. The van der Waals surface area contributed by atoms with Crippen LogP contribution in [0.25, 0.3) is 27.9 Å². The van der Waals surface area contributed by atoms with Gasteiger partial charge in [0, 0.05) is 17.5 Å². The molecular formula is C27H25N5OS. The highest BCUT2D eigenvalue weighted by atomic mass is 32.2. The van der Waals surface area contributed by atoms with Crippen LogP contribution in [0, 0.1) is 6.92 Å². The molecule has 0 bridgehead atoms. The fourth-order valence-electron chi connectivity index (χ4n) is 3.77. The van der Waals surface area contributed by atoms with E-state index >= 15 is 0 Å². The van der Waals surface area contributed by atoms with Crippen LogP contribution < -0.4 is 5.32 Å². The summed E-state index contributed by atoms with van der Waals surface area (Å²) in [6, 6.07) is 26.0. The van der Waals surface area contributed by atoms with Crippen molar-refractivity contribution in [2.75, 3.05) is 0 Å². The maximum Gasteiger partial charge on any atom is 0.233 e. The Hall–Kier alpha value is -3.71. The van der Waals surface area contributed by atoms with Gasteiger partial charge in [0.15, 0.2) is 16.6 Å². The van der Waals surface area contributed by atoms with Crippen LogP contribution in [-0.2, 0) is 11.3 Å². The third-order valence-electron chi connectivity index (χ3n) is 5.68. The zero-order valence-corrected chi connectivity index (χ0v) is 19.9. The fraction of sp³-hybridized carbons (Fsp3) is 0.185. The summed E-state index contributed by atoms with van der Waals surface area (Å²) in [4.78, 5) is 22.7. The van der Waals surface area contributed by atoms with E-state index in [4.69, 9.17) is 15.1 Å². The molecule has 1 amide bonds. The number of carbonyl (C=O) groups is 1. The van der Waals surface area contributed by atoms with Gasteiger partial charge < -0.3 is 5.32 Å². The molecule has 34 heavy (non-hydrogen) atoms. The first kappa shape index (κ1) is 22.1. The molecule has 0 saturated heterocycles. The van der Waals surface area contributed by atoms with E-state index in [1.807, 2.05) is 73.7 Å². The van der Waals surface area contributed by atoms with Crippen molar-refractivity contribution < 1.29 is 4.79 Å². The Labute approximate surface area is 202 Å². The van der Waals surface area contributed by atoms with Crippen molar-refractivity contribution >= 4 is 34.2 Å². The minimum Gasteiger partial charge on any atom is -0.351 e. The van der Waals surface area contributed by atoms with Crippen LogP contribution in [-0.4, -0.2) is 30.7 Å². The molecule has 2 heterocycles. The predicted molar refractivity (Wildman–Crippen MR) is 137 cm³/mol. The molecule has 0 aliphatic carbocycles. The van der Waals surface area contributed by atoms with Crippen LogP contribution in [0.5, 0.6) is 0 Å². The Morgan fingerprint density at radius 2 is 1.71 bits per heavy atom. The summed E-state index contributed by atoms with van der Waals surface area (Å²) in [5.74, 6) is 0.622. The van der Waals surface area contributed by atoms with Gasteiger partial charge in [0.2, 0.25) is 5.91 Å². The molecule has 7 heteroatoms. The van der Waals surface area contributed by atoms with Crippen molar-refractivity contribution in [3.8, 4) is 11.4 Å². The number of nitrogens with one attached hydrogen (secondary N) is 1. The number of amides is 1. The van der Waals surface area contributed by atoms with E-state index in [2.05, 4.69) is 24.4 Å². The number of aryl methyl sites for hydroxylation is 1. The topological polar surface area (TPSA) is 72.2 Å². The molecule has 3 aromatic carbocycles. The normalized spacial score (nSPS) is 12.2. The van der Waals surface area contributed by atoms with E-state index in [9.17, 15) is 4.79 Å². The first-order valence-corrected chi connectivity index (χ1v) is 12.2. The van der Waals surface area contributed by atoms with Gasteiger partial charge >= 0.3 is 0 Å². The van der Waals surface area contributed by atoms with Gasteiger partial charge in [0.1, 0.15) is 0 Å². The molecule has 0 fully saturated rings. The molecule has 5 aromatic rings. The van der Waals surface area contributed by atoms with Gasteiger partial charge in [-0.15, -0.1) is 5.10 Å². The molecule has 170 valence electrons. The van der Waals surface area contributed by atoms with Crippen molar-refractivity contribution in [2.24, 2.45) is 0 Å². The van der Waals surface area contributed by atoms with E-state index in [0.29, 0.717) is 23.9 Å². The average molecular weight is 468 g/mol. The van der Waals surface area contributed by atoms with Gasteiger partial charge in [0.05, 0.1) is 10.8 Å². The quantitative estimate of drug-likeness (QED) is 0.255.